The van der Waals surface area contributed by atoms with Crippen LogP contribution in [-0.2, 0) is 4.74 Å². The topological polar surface area (TPSA) is 29.5 Å². The van der Waals surface area contributed by atoms with Crippen LogP contribution in [0.1, 0.15) is 23.2 Å². The monoisotopic (exact) mass is 219 g/mol. The molecule has 0 spiro atoms. The Morgan fingerprint density at radius 1 is 1.38 bits per heavy atom. The summed E-state index contributed by atoms with van der Waals surface area (Å²) in [7, 11) is 1.70. The first-order chi connectivity index (χ1) is 7.83. The standard InChI is InChI=1S/C13H17NO2/c1-16-10-9-14-8-4-7-13(15)11-5-2-3-6-12(11)14/h2-3,5-6H,4,7-10H2,1H3. The molecular weight excluding hydrogens is 202 g/mol. The van der Waals surface area contributed by atoms with E-state index >= 15 is 0 Å². The minimum Gasteiger partial charge on any atom is -0.383 e. The second-order valence-corrected chi connectivity index (χ2v) is 4.02. The maximum Gasteiger partial charge on any atom is 0.165 e. The molecule has 0 radical (unpaired) electrons. The third kappa shape index (κ3) is 2.25. The molecule has 0 saturated carbocycles. The van der Waals surface area contributed by atoms with Gasteiger partial charge in [0.2, 0.25) is 0 Å². The van der Waals surface area contributed by atoms with Gasteiger partial charge < -0.3 is 9.64 Å². The number of para-hydroxylation sites is 1. The van der Waals surface area contributed by atoms with Crippen LogP contribution < -0.4 is 4.90 Å². The lowest BCUT2D eigenvalue weighted by molar-refractivity contribution is 0.0984. The highest BCUT2D eigenvalue weighted by molar-refractivity contribution is 6.01. The molecule has 16 heavy (non-hydrogen) atoms. The molecule has 86 valence electrons. The summed E-state index contributed by atoms with van der Waals surface area (Å²) in [5, 5.41) is 0. The Labute approximate surface area is 96.0 Å². The lowest BCUT2D eigenvalue weighted by Crippen LogP contribution is -2.28. The Bertz CT molecular complexity index is 376. The second kappa shape index (κ2) is 5.12. The van der Waals surface area contributed by atoms with E-state index < -0.39 is 0 Å². The van der Waals surface area contributed by atoms with Gasteiger partial charge in [-0.05, 0) is 18.6 Å². The summed E-state index contributed by atoms with van der Waals surface area (Å²) in [6, 6.07) is 7.85. The number of hydrogen-bond donors (Lipinski definition) is 0. The predicted octanol–water partition coefficient (Wildman–Crippen LogP) is 2.12. The molecule has 0 N–H and O–H groups in total. The molecule has 0 fully saturated rings. The van der Waals surface area contributed by atoms with Crippen LogP contribution in [0.5, 0.6) is 0 Å². The molecule has 0 aromatic heterocycles. The fourth-order valence-electron chi connectivity index (χ4n) is 2.10. The molecule has 0 saturated heterocycles. The van der Waals surface area contributed by atoms with Gasteiger partial charge >= 0.3 is 0 Å². The molecule has 3 heteroatoms. The highest BCUT2D eigenvalue weighted by Gasteiger charge is 2.19. The zero-order valence-corrected chi connectivity index (χ0v) is 9.61. The summed E-state index contributed by atoms with van der Waals surface area (Å²) in [6.07, 6.45) is 1.58. The molecule has 0 atom stereocenters. The van der Waals surface area contributed by atoms with Crippen molar-refractivity contribution in [2.75, 3.05) is 31.7 Å². The number of ketones is 1. The van der Waals surface area contributed by atoms with E-state index in [9.17, 15) is 4.79 Å². The SMILES string of the molecule is COCCN1CCCC(=O)c2ccccc21. The average Bonchev–Trinajstić information content (AvgIpc) is 2.47. The number of benzene rings is 1. The van der Waals surface area contributed by atoms with E-state index in [1.54, 1.807) is 7.11 Å². The van der Waals surface area contributed by atoms with Crippen LogP contribution in [0.3, 0.4) is 0 Å². The summed E-state index contributed by atoms with van der Waals surface area (Å²) in [6.45, 7) is 2.48. The molecule has 0 unspecified atom stereocenters. The lowest BCUT2D eigenvalue weighted by Gasteiger charge is -2.23. The van der Waals surface area contributed by atoms with E-state index in [1.165, 1.54) is 0 Å². The number of hydrogen-bond acceptors (Lipinski definition) is 3. The number of anilines is 1. The molecule has 1 aliphatic rings. The van der Waals surface area contributed by atoms with E-state index in [0.29, 0.717) is 13.0 Å². The Morgan fingerprint density at radius 3 is 3.00 bits per heavy atom. The molecule has 1 aliphatic heterocycles. The van der Waals surface area contributed by atoms with Crippen LogP contribution in [0.2, 0.25) is 0 Å². The predicted molar refractivity (Wildman–Crippen MR) is 64.1 cm³/mol. The smallest absolute Gasteiger partial charge is 0.165 e. The normalized spacial score (nSPS) is 15.8. The molecule has 1 aromatic carbocycles. The van der Waals surface area contributed by atoms with E-state index in [0.717, 1.165) is 30.8 Å². The van der Waals surface area contributed by atoms with E-state index in [1.807, 2.05) is 24.3 Å². The molecule has 1 aromatic rings. The van der Waals surface area contributed by atoms with Crippen molar-refractivity contribution in [3.8, 4) is 0 Å². The van der Waals surface area contributed by atoms with Crippen molar-refractivity contribution in [2.24, 2.45) is 0 Å². The van der Waals surface area contributed by atoms with Crippen LogP contribution in [-0.4, -0.2) is 32.6 Å². The Hall–Kier alpha value is -1.35. The van der Waals surface area contributed by atoms with Gasteiger partial charge in [0.05, 0.1) is 6.61 Å². The van der Waals surface area contributed by atoms with Gasteiger partial charge in [-0.25, -0.2) is 0 Å². The lowest BCUT2D eigenvalue weighted by atomic mass is 10.1. The fourth-order valence-corrected chi connectivity index (χ4v) is 2.10. The van der Waals surface area contributed by atoms with Crippen molar-refractivity contribution in [1.29, 1.82) is 0 Å². The minimum absolute atomic E-state index is 0.260. The van der Waals surface area contributed by atoms with Crippen LogP contribution in [0.15, 0.2) is 24.3 Å². The summed E-state index contributed by atoms with van der Waals surface area (Å²) in [5.74, 6) is 0.260. The van der Waals surface area contributed by atoms with Gasteiger partial charge in [0.25, 0.3) is 0 Å². The van der Waals surface area contributed by atoms with Crippen LogP contribution in [0, 0.1) is 0 Å². The van der Waals surface area contributed by atoms with Crippen molar-refractivity contribution >= 4 is 11.5 Å². The minimum atomic E-state index is 0.260. The molecule has 3 nitrogen and oxygen atoms in total. The number of fused-ring (bicyclic) bond motifs is 1. The van der Waals surface area contributed by atoms with E-state index in [4.69, 9.17) is 4.74 Å². The second-order valence-electron chi connectivity index (χ2n) is 4.02. The van der Waals surface area contributed by atoms with Crippen molar-refractivity contribution in [3.05, 3.63) is 29.8 Å². The van der Waals surface area contributed by atoms with Gasteiger partial charge in [0, 0.05) is 37.9 Å². The summed E-state index contributed by atoms with van der Waals surface area (Å²) < 4.78 is 5.10. The highest BCUT2D eigenvalue weighted by atomic mass is 16.5. The number of nitrogens with zero attached hydrogens (tertiary/aromatic N) is 1. The summed E-state index contributed by atoms with van der Waals surface area (Å²) in [4.78, 5) is 14.1. The first kappa shape index (κ1) is 11.1. The number of carbonyl (C=O) groups is 1. The van der Waals surface area contributed by atoms with Crippen LogP contribution >= 0.6 is 0 Å². The average molecular weight is 219 g/mol. The largest absolute Gasteiger partial charge is 0.383 e. The Morgan fingerprint density at radius 2 is 2.19 bits per heavy atom. The van der Waals surface area contributed by atoms with Crippen molar-refractivity contribution < 1.29 is 9.53 Å². The number of Topliss-reactive ketones (excluding diaryl/α,β-unsaturated/α-hetero) is 1. The van der Waals surface area contributed by atoms with Gasteiger partial charge in [0.1, 0.15) is 0 Å². The third-order valence-electron chi connectivity index (χ3n) is 2.94. The van der Waals surface area contributed by atoms with Crippen molar-refractivity contribution in [3.63, 3.8) is 0 Å². The van der Waals surface area contributed by atoms with Crippen molar-refractivity contribution in [1.82, 2.24) is 0 Å². The zero-order valence-electron chi connectivity index (χ0n) is 9.61. The molecule has 1 heterocycles. The van der Waals surface area contributed by atoms with Gasteiger partial charge in [-0.3, -0.25) is 4.79 Å². The molecule has 0 amide bonds. The van der Waals surface area contributed by atoms with E-state index in [2.05, 4.69) is 4.90 Å². The Balaban J connectivity index is 2.27. The zero-order chi connectivity index (χ0) is 11.4. The maximum atomic E-state index is 11.9. The maximum absolute atomic E-state index is 11.9. The summed E-state index contributed by atoms with van der Waals surface area (Å²) in [5.41, 5.74) is 1.91. The quantitative estimate of drug-likeness (QED) is 0.779. The fraction of sp³-hybridized carbons (Fsp3) is 0.462. The van der Waals surface area contributed by atoms with Gasteiger partial charge in [0.15, 0.2) is 5.78 Å². The van der Waals surface area contributed by atoms with Crippen LogP contribution in [0.4, 0.5) is 5.69 Å². The number of rotatable bonds is 3. The van der Waals surface area contributed by atoms with Gasteiger partial charge in [-0.15, -0.1) is 0 Å². The van der Waals surface area contributed by atoms with Crippen molar-refractivity contribution in [2.45, 2.75) is 12.8 Å². The molecule has 0 bridgehead atoms. The first-order valence-corrected chi connectivity index (χ1v) is 5.69. The first-order valence-electron chi connectivity index (χ1n) is 5.69. The van der Waals surface area contributed by atoms with Gasteiger partial charge in [-0.2, -0.15) is 0 Å². The molecule has 2 rings (SSSR count). The molecular formula is C13H17NO2. The summed E-state index contributed by atoms with van der Waals surface area (Å²) >= 11 is 0. The number of carbonyl (C=O) groups excluding carboxylic acids is 1. The Kier molecular flexibility index (Phi) is 3.57. The number of methoxy groups -OCH3 is 1. The third-order valence-corrected chi connectivity index (χ3v) is 2.94. The number of ether oxygens (including phenoxy) is 1. The van der Waals surface area contributed by atoms with Crippen LogP contribution in [0.25, 0.3) is 0 Å². The molecule has 0 aliphatic carbocycles. The highest BCUT2D eigenvalue weighted by Crippen LogP contribution is 2.25. The van der Waals surface area contributed by atoms with Gasteiger partial charge in [-0.1, -0.05) is 12.1 Å². The van der Waals surface area contributed by atoms with E-state index in [-0.39, 0.29) is 5.78 Å².